The molecule has 2 aliphatic heterocycles. The van der Waals surface area contributed by atoms with E-state index in [9.17, 15) is 28.1 Å². The van der Waals surface area contributed by atoms with E-state index in [0.29, 0.717) is 45.3 Å². The molecule has 0 aliphatic carbocycles. The molecule has 2 heterocycles. The van der Waals surface area contributed by atoms with Crippen LogP contribution in [0.25, 0.3) is 0 Å². The summed E-state index contributed by atoms with van der Waals surface area (Å²) < 4.78 is 43.9. The molecule has 0 aromatic heterocycles. The van der Waals surface area contributed by atoms with Gasteiger partial charge in [-0.3, -0.25) is 14.9 Å². The van der Waals surface area contributed by atoms with Gasteiger partial charge in [-0.05, 0) is 25.0 Å². The van der Waals surface area contributed by atoms with Crippen LogP contribution in [0, 0.1) is 10.1 Å². The van der Waals surface area contributed by atoms with Crippen molar-refractivity contribution in [2.24, 2.45) is 0 Å². The number of piperazine rings is 1. The first kappa shape index (κ1) is 19.4. The van der Waals surface area contributed by atoms with Crippen molar-refractivity contribution in [2.75, 3.05) is 37.7 Å². The van der Waals surface area contributed by atoms with Crippen LogP contribution in [0.5, 0.6) is 0 Å². The number of benzene rings is 1. The Hall–Kier alpha value is -2.36. The van der Waals surface area contributed by atoms with E-state index in [2.05, 4.69) is 0 Å². The highest BCUT2D eigenvalue weighted by Gasteiger charge is 2.34. The number of rotatable bonds is 4. The van der Waals surface area contributed by atoms with Gasteiger partial charge in [0.15, 0.2) is 0 Å². The van der Waals surface area contributed by atoms with Crippen LogP contribution in [-0.4, -0.2) is 54.6 Å². The lowest BCUT2D eigenvalue weighted by Crippen LogP contribution is -2.49. The number of alkyl halides is 3. The second-order valence-corrected chi connectivity index (χ2v) is 6.67. The molecule has 1 aromatic rings. The van der Waals surface area contributed by atoms with Crippen molar-refractivity contribution in [1.82, 2.24) is 4.90 Å². The molecule has 0 spiro atoms. The van der Waals surface area contributed by atoms with Crippen LogP contribution in [-0.2, 0) is 15.7 Å². The highest BCUT2D eigenvalue weighted by atomic mass is 19.4. The van der Waals surface area contributed by atoms with Gasteiger partial charge in [0, 0.05) is 38.9 Å². The Morgan fingerprint density at radius 2 is 1.96 bits per heavy atom. The largest absolute Gasteiger partial charge is 0.416 e. The molecule has 7 nitrogen and oxygen atoms in total. The molecule has 0 radical (unpaired) electrons. The standard InChI is InChI=1S/C17H20F3N3O4/c18-17(19,20)12-3-4-14(15(10-12)23(25)26)21-5-7-22(8-6-21)16(24)11-13-2-1-9-27-13/h3-4,10,13H,1-2,5-9,11H2. The molecule has 148 valence electrons. The smallest absolute Gasteiger partial charge is 0.378 e. The van der Waals surface area contributed by atoms with Crippen LogP contribution in [0.15, 0.2) is 18.2 Å². The molecule has 1 unspecified atom stereocenters. The van der Waals surface area contributed by atoms with E-state index in [1.54, 1.807) is 9.80 Å². The Morgan fingerprint density at radius 3 is 2.52 bits per heavy atom. The van der Waals surface area contributed by atoms with Crippen molar-refractivity contribution in [3.05, 3.63) is 33.9 Å². The van der Waals surface area contributed by atoms with Crippen LogP contribution in [0.1, 0.15) is 24.8 Å². The molecule has 0 bridgehead atoms. The summed E-state index contributed by atoms with van der Waals surface area (Å²) >= 11 is 0. The SMILES string of the molecule is O=C(CC1CCCO1)N1CCN(c2ccc(C(F)(F)F)cc2[N+](=O)[O-])CC1. The summed E-state index contributed by atoms with van der Waals surface area (Å²) in [4.78, 5) is 26.1. The first-order chi connectivity index (χ1) is 12.8. The van der Waals surface area contributed by atoms with Gasteiger partial charge in [-0.15, -0.1) is 0 Å². The summed E-state index contributed by atoms with van der Waals surface area (Å²) in [6.45, 7) is 2.05. The lowest BCUT2D eigenvalue weighted by molar-refractivity contribution is -0.384. The van der Waals surface area contributed by atoms with Crippen molar-refractivity contribution in [3.8, 4) is 0 Å². The number of nitrogens with zero attached hydrogens (tertiary/aromatic N) is 3. The number of nitro groups is 1. The third-order valence-corrected chi connectivity index (χ3v) is 4.90. The van der Waals surface area contributed by atoms with Crippen molar-refractivity contribution in [3.63, 3.8) is 0 Å². The molecule has 2 fully saturated rings. The summed E-state index contributed by atoms with van der Waals surface area (Å²) in [7, 11) is 0. The van der Waals surface area contributed by atoms with Gasteiger partial charge in [0.25, 0.3) is 5.69 Å². The van der Waals surface area contributed by atoms with E-state index in [0.717, 1.165) is 25.0 Å². The maximum Gasteiger partial charge on any atom is 0.416 e. The fourth-order valence-electron chi connectivity index (χ4n) is 3.44. The number of halogens is 3. The molecule has 3 rings (SSSR count). The van der Waals surface area contributed by atoms with E-state index in [1.165, 1.54) is 0 Å². The summed E-state index contributed by atoms with van der Waals surface area (Å²) in [6, 6.07) is 2.53. The number of hydrogen-bond acceptors (Lipinski definition) is 5. The summed E-state index contributed by atoms with van der Waals surface area (Å²) in [6.07, 6.45) is -2.56. The number of carbonyl (C=O) groups is 1. The summed E-state index contributed by atoms with van der Waals surface area (Å²) in [5.74, 6) is -0.0246. The molecule has 2 saturated heterocycles. The molecule has 0 N–H and O–H groups in total. The zero-order chi connectivity index (χ0) is 19.6. The Morgan fingerprint density at radius 1 is 1.26 bits per heavy atom. The Balaban J connectivity index is 1.66. The lowest BCUT2D eigenvalue weighted by atomic mass is 10.1. The fraction of sp³-hybridized carbons (Fsp3) is 0.588. The zero-order valence-corrected chi connectivity index (χ0v) is 14.6. The number of amides is 1. The molecule has 27 heavy (non-hydrogen) atoms. The minimum Gasteiger partial charge on any atom is -0.378 e. The number of hydrogen-bond donors (Lipinski definition) is 0. The monoisotopic (exact) mass is 387 g/mol. The van der Waals surface area contributed by atoms with Crippen LogP contribution in [0.2, 0.25) is 0 Å². The topological polar surface area (TPSA) is 75.9 Å². The highest BCUT2D eigenvalue weighted by molar-refractivity contribution is 5.77. The van der Waals surface area contributed by atoms with Gasteiger partial charge < -0.3 is 14.5 Å². The van der Waals surface area contributed by atoms with E-state index in [1.807, 2.05) is 0 Å². The Kier molecular flexibility index (Phi) is 5.54. The minimum atomic E-state index is -4.64. The second-order valence-electron chi connectivity index (χ2n) is 6.67. The van der Waals surface area contributed by atoms with E-state index in [-0.39, 0.29) is 17.7 Å². The van der Waals surface area contributed by atoms with E-state index >= 15 is 0 Å². The predicted octanol–water partition coefficient (Wildman–Crippen LogP) is 2.83. The molecule has 1 aromatic carbocycles. The molecule has 0 saturated carbocycles. The molecule has 1 atom stereocenters. The number of anilines is 1. The summed E-state index contributed by atoms with van der Waals surface area (Å²) in [5, 5.41) is 11.2. The minimum absolute atomic E-state index is 0.0246. The van der Waals surface area contributed by atoms with E-state index in [4.69, 9.17) is 4.74 Å². The van der Waals surface area contributed by atoms with Gasteiger partial charge in [-0.2, -0.15) is 13.2 Å². The fourth-order valence-corrected chi connectivity index (χ4v) is 3.44. The van der Waals surface area contributed by atoms with Crippen molar-refractivity contribution in [1.29, 1.82) is 0 Å². The van der Waals surface area contributed by atoms with Crippen LogP contribution in [0.4, 0.5) is 24.5 Å². The van der Waals surface area contributed by atoms with Gasteiger partial charge in [0.1, 0.15) is 5.69 Å². The Bertz CT molecular complexity index is 712. The van der Waals surface area contributed by atoms with Crippen molar-refractivity contribution >= 4 is 17.3 Å². The second kappa shape index (κ2) is 7.71. The average Bonchev–Trinajstić information content (AvgIpc) is 3.13. The van der Waals surface area contributed by atoms with Gasteiger partial charge in [0.05, 0.1) is 23.0 Å². The first-order valence-electron chi connectivity index (χ1n) is 8.75. The molecule has 10 heteroatoms. The normalized spacial score (nSPS) is 20.8. The van der Waals surface area contributed by atoms with Gasteiger partial charge in [-0.25, -0.2) is 0 Å². The van der Waals surface area contributed by atoms with E-state index < -0.39 is 22.4 Å². The van der Waals surface area contributed by atoms with Crippen LogP contribution >= 0.6 is 0 Å². The third-order valence-electron chi connectivity index (χ3n) is 4.90. The maximum absolute atomic E-state index is 12.8. The molecular formula is C17H20F3N3O4. The van der Waals surface area contributed by atoms with Crippen LogP contribution < -0.4 is 4.90 Å². The highest BCUT2D eigenvalue weighted by Crippen LogP contribution is 2.36. The van der Waals surface area contributed by atoms with Crippen molar-refractivity contribution in [2.45, 2.75) is 31.5 Å². The first-order valence-corrected chi connectivity index (χ1v) is 8.75. The average molecular weight is 387 g/mol. The van der Waals surface area contributed by atoms with Gasteiger partial charge in [-0.1, -0.05) is 0 Å². The third kappa shape index (κ3) is 4.49. The zero-order valence-electron chi connectivity index (χ0n) is 14.6. The van der Waals surface area contributed by atoms with Gasteiger partial charge in [0.2, 0.25) is 5.91 Å². The quantitative estimate of drug-likeness (QED) is 0.587. The molecule has 1 amide bonds. The van der Waals surface area contributed by atoms with Crippen LogP contribution in [0.3, 0.4) is 0 Å². The number of nitro benzene ring substituents is 1. The van der Waals surface area contributed by atoms with Gasteiger partial charge >= 0.3 is 6.18 Å². The van der Waals surface area contributed by atoms with Crippen molar-refractivity contribution < 1.29 is 27.6 Å². The summed E-state index contributed by atoms with van der Waals surface area (Å²) in [5.41, 5.74) is -1.49. The number of ether oxygens (including phenoxy) is 1. The Labute approximate surface area is 153 Å². The predicted molar refractivity (Wildman–Crippen MR) is 90.5 cm³/mol. The molecule has 2 aliphatic rings. The maximum atomic E-state index is 12.8. The number of carbonyl (C=O) groups excluding carboxylic acids is 1. The lowest BCUT2D eigenvalue weighted by Gasteiger charge is -2.36. The molecular weight excluding hydrogens is 367 g/mol.